The lowest BCUT2D eigenvalue weighted by atomic mass is 9.99. The third-order valence-electron chi connectivity index (χ3n) is 3.02. The van der Waals surface area contributed by atoms with Gasteiger partial charge in [-0.1, -0.05) is 45.0 Å². The molecular formula is C15H21NO2. The van der Waals surface area contributed by atoms with Crippen molar-refractivity contribution >= 4 is 6.09 Å². The second kappa shape index (κ2) is 5.01. The van der Waals surface area contributed by atoms with E-state index in [4.69, 9.17) is 4.74 Å². The minimum atomic E-state index is -0.195. The minimum absolute atomic E-state index is 0.0172. The van der Waals surface area contributed by atoms with E-state index in [1.807, 2.05) is 12.1 Å². The average molecular weight is 247 g/mol. The maximum atomic E-state index is 12.0. The van der Waals surface area contributed by atoms with Gasteiger partial charge in [0.25, 0.3) is 0 Å². The highest BCUT2D eigenvalue weighted by molar-refractivity contribution is 5.68. The second-order valence-corrected chi connectivity index (χ2v) is 6.06. The molecule has 1 aliphatic rings. The molecular weight excluding hydrogens is 226 g/mol. The smallest absolute Gasteiger partial charge is 0.410 e. The van der Waals surface area contributed by atoms with Crippen molar-refractivity contribution in [3.8, 4) is 0 Å². The first-order valence-electron chi connectivity index (χ1n) is 6.44. The summed E-state index contributed by atoms with van der Waals surface area (Å²) in [6, 6.07) is 8.28. The number of ether oxygens (including phenoxy) is 1. The Morgan fingerprint density at radius 2 is 1.94 bits per heavy atom. The van der Waals surface area contributed by atoms with Crippen molar-refractivity contribution in [3.63, 3.8) is 0 Å². The van der Waals surface area contributed by atoms with Crippen molar-refractivity contribution in [2.45, 2.75) is 33.7 Å². The molecule has 0 aromatic heterocycles. The normalized spacial score (nSPS) is 15.2. The number of hydrogen-bond donors (Lipinski definition) is 0. The molecule has 1 aromatic rings. The fourth-order valence-corrected chi connectivity index (χ4v) is 2.02. The Kier molecular flexibility index (Phi) is 3.60. The molecule has 1 heterocycles. The minimum Gasteiger partial charge on any atom is -0.449 e. The number of amides is 1. The Morgan fingerprint density at radius 3 is 2.61 bits per heavy atom. The largest absolute Gasteiger partial charge is 0.449 e. The maximum Gasteiger partial charge on any atom is 0.410 e. The van der Waals surface area contributed by atoms with Gasteiger partial charge in [-0.2, -0.15) is 0 Å². The molecule has 18 heavy (non-hydrogen) atoms. The Labute approximate surface area is 109 Å². The first-order chi connectivity index (χ1) is 8.46. The first-order valence-corrected chi connectivity index (χ1v) is 6.44. The molecule has 0 atom stereocenters. The van der Waals surface area contributed by atoms with Crippen LogP contribution in [-0.4, -0.2) is 24.1 Å². The van der Waals surface area contributed by atoms with E-state index in [1.165, 1.54) is 11.1 Å². The van der Waals surface area contributed by atoms with Gasteiger partial charge in [0, 0.05) is 13.1 Å². The molecule has 0 bridgehead atoms. The van der Waals surface area contributed by atoms with Crippen LogP contribution in [0.15, 0.2) is 24.3 Å². The summed E-state index contributed by atoms with van der Waals surface area (Å²) in [6.07, 6.45) is 0.722. The van der Waals surface area contributed by atoms with Crippen molar-refractivity contribution in [2.75, 3.05) is 13.2 Å². The Balaban J connectivity index is 1.95. The number of fused-ring (bicyclic) bond motifs is 1. The summed E-state index contributed by atoms with van der Waals surface area (Å²) < 4.78 is 5.35. The zero-order valence-corrected chi connectivity index (χ0v) is 11.4. The summed E-state index contributed by atoms with van der Waals surface area (Å²) >= 11 is 0. The zero-order valence-electron chi connectivity index (χ0n) is 11.4. The molecule has 2 rings (SSSR count). The van der Waals surface area contributed by atoms with E-state index in [0.29, 0.717) is 13.2 Å². The van der Waals surface area contributed by atoms with Gasteiger partial charge in [-0.15, -0.1) is 0 Å². The molecule has 0 saturated carbocycles. The average Bonchev–Trinajstić information content (AvgIpc) is 2.34. The summed E-state index contributed by atoms with van der Waals surface area (Å²) in [4.78, 5) is 13.7. The number of hydrogen-bond acceptors (Lipinski definition) is 2. The van der Waals surface area contributed by atoms with Gasteiger partial charge in [-0.3, -0.25) is 0 Å². The lowest BCUT2D eigenvalue weighted by Crippen LogP contribution is -2.37. The monoisotopic (exact) mass is 247 g/mol. The van der Waals surface area contributed by atoms with Crippen molar-refractivity contribution in [2.24, 2.45) is 5.41 Å². The van der Waals surface area contributed by atoms with Gasteiger partial charge in [0.1, 0.15) is 0 Å². The third-order valence-corrected chi connectivity index (χ3v) is 3.02. The van der Waals surface area contributed by atoms with Gasteiger partial charge in [-0.05, 0) is 23.0 Å². The molecule has 3 heteroatoms. The fourth-order valence-electron chi connectivity index (χ4n) is 2.02. The van der Waals surface area contributed by atoms with E-state index < -0.39 is 0 Å². The van der Waals surface area contributed by atoms with Crippen LogP contribution in [0.3, 0.4) is 0 Å². The summed E-state index contributed by atoms with van der Waals surface area (Å²) in [5.41, 5.74) is 2.59. The number of nitrogens with zero attached hydrogens (tertiary/aromatic N) is 1. The van der Waals surface area contributed by atoms with Crippen LogP contribution in [0, 0.1) is 5.41 Å². The van der Waals surface area contributed by atoms with E-state index in [-0.39, 0.29) is 11.5 Å². The standard InChI is InChI=1S/C15H21NO2/c1-15(2,3)11-18-14(17)16-9-8-12-6-4-5-7-13(12)10-16/h4-7H,8-11H2,1-3H3. The summed E-state index contributed by atoms with van der Waals surface area (Å²) in [5.74, 6) is 0. The number of benzene rings is 1. The lowest BCUT2D eigenvalue weighted by molar-refractivity contribution is 0.0688. The highest BCUT2D eigenvalue weighted by Gasteiger charge is 2.23. The summed E-state index contributed by atoms with van der Waals surface area (Å²) in [6.45, 7) is 8.06. The molecule has 0 aliphatic carbocycles. The Bertz CT molecular complexity index is 434. The topological polar surface area (TPSA) is 29.5 Å². The highest BCUT2D eigenvalue weighted by atomic mass is 16.6. The van der Waals surface area contributed by atoms with Crippen molar-refractivity contribution in [1.29, 1.82) is 0 Å². The molecule has 1 amide bonds. The Morgan fingerprint density at radius 1 is 1.28 bits per heavy atom. The Hall–Kier alpha value is -1.51. The first kappa shape index (κ1) is 12.9. The van der Waals surface area contributed by atoms with Crippen molar-refractivity contribution < 1.29 is 9.53 Å². The lowest BCUT2D eigenvalue weighted by Gasteiger charge is -2.29. The van der Waals surface area contributed by atoms with Crippen molar-refractivity contribution in [3.05, 3.63) is 35.4 Å². The zero-order chi connectivity index (χ0) is 13.2. The van der Waals surface area contributed by atoms with Gasteiger partial charge >= 0.3 is 6.09 Å². The molecule has 0 radical (unpaired) electrons. The molecule has 0 N–H and O–H groups in total. The van der Waals surface area contributed by atoms with Crippen LogP contribution in [0.25, 0.3) is 0 Å². The van der Waals surface area contributed by atoms with Gasteiger partial charge < -0.3 is 9.64 Å². The van der Waals surface area contributed by atoms with Gasteiger partial charge in [0.2, 0.25) is 0 Å². The van der Waals surface area contributed by atoms with Gasteiger partial charge in [0.15, 0.2) is 0 Å². The van der Waals surface area contributed by atoms with Crippen LogP contribution in [0.2, 0.25) is 0 Å². The number of carbonyl (C=O) groups excluding carboxylic acids is 1. The number of rotatable bonds is 1. The van der Waals surface area contributed by atoms with Gasteiger partial charge in [-0.25, -0.2) is 4.79 Å². The van der Waals surface area contributed by atoms with Crippen LogP contribution in [0.5, 0.6) is 0 Å². The maximum absolute atomic E-state index is 12.0. The van der Waals surface area contributed by atoms with E-state index >= 15 is 0 Å². The molecule has 0 fully saturated rings. The molecule has 98 valence electrons. The van der Waals surface area contributed by atoms with Crippen LogP contribution in [-0.2, 0) is 17.7 Å². The molecule has 0 unspecified atom stereocenters. The highest BCUT2D eigenvalue weighted by Crippen LogP contribution is 2.20. The summed E-state index contributed by atoms with van der Waals surface area (Å²) in [5, 5.41) is 0. The molecule has 3 nitrogen and oxygen atoms in total. The van der Waals surface area contributed by atoms with E-state index in [0.717, 1.165) is 13.0 Å². The SMILES string of the molecule is CC(C)(C)COC(=O)N1CCc2ccccc2C1. The molecule has 1 aliphatic heterocycles. The fraction of sp³-hybridized carbons (Fsp3) is 0.533. The third kappa shape index (κ3) is 3.25. The van der Waals surface area contributed by atoms with E-state index in [9.17, 15) is 4.79 Å². The van der Waals surface area contributed by atoms with Crippen LogP contribution in [0.1, 0.15) is 31.9 Å². The van der Waals surface area contributed by atoms with Gasteiger partial charge in [0.05, 0.1) is 6.61 Å². The van der Waals surface area contributed by atoms with E-state index in [2.05, 4.69) is 32.9 Å². The quantitative estimate of drug-likeness (QED) is 0.762. The second-order valence-electron chi connectivity index (χ2n) is 6.06. The molecule has 1 aromatic carbocycles. The molecule has 0 spiro atoms. The van der Waals surface area contributed by atoms with Crippen LogP contribution in [0.4, 0.5) is 4.79 Å². The summed E-state index contributed by atoms with van der Waals surface area (Å²) in [7, 11) is 0. The van der Waals surface area contributed by atoms with Crippen LogP contribution >= 0.6 is 0 Å². The van der Waals surface area contributed by atoms with E-state index in [1.54, 1.807) is 4.90 Å². The number of carbonyl (C=O) groups is 1. The predicted octanol–water partition coefficient (Wildman–Crippen LogP) is 3.23. The van der Waals surface area contributed by atoms with Crippen LogP contribution < -0.4 is 0 Å². The predicted molar refractivity (Wildman–Crippen MR) is 71.4 cm³/mol. The molecule has 0 saturated heterocycles. The van der Waals surface area contributed by atoms with Crippen molar-refractivity contribution in [1.82, 2.24) is 4.90 Å².